The SMILES string of the molecule is Cc1cc(-c2nc3c(=O)c(-c4ccccc4)c[nH]c3nc2-c2ccccc2)cc(Cl)n1. The molecule has 0 aliphatic heterocycles. The van der Waals surface area contributed by atoms with E-state index in [0.29, 0.717) is 27.8 Å². The number of aryl methyl sites for hydroxylation is 1. The van der Waals surface area contributed by atoms with Crippen LogP contribution in [0, 0.1) is 6.92 Å². The van der Waals surface area contributed by atoms with Gasteiger partial charge in [-0.05, 0) is 24.6 Å². The minimum absolute atomic E-state index is 0.176. The molecule has 0 saturated heterocycles. The fourth-order valence-electron chi connectivity index (χ4n) is 3.62. The third-order valence-electron chi connectivity index (χ3n) is 5.04. The van der Waals surface area contributed by atoms with E-state index in [1.807, 2.05) is 73.7 Å². The van der Waals surface area contributed by atoms with Crippen molar-refractivity contribution in [1.82, 2.24) is 19.9 Å². The normalized spacial score (nSPS) is 11.0. The lowest BCUT2D eigenvalue weighted by Crippen LogP contribution is -2.11. The van der Waals surface area contributed by atoms with Crippen molar-refractivity contribution >= 4 is 22.8 Å². The zero-order valence-electron chi connectivity index (χ0n) is 16.6. The van der Waals surface area contributed by atoms with Gasteiger partial charge in [0.25, 0.3) is 0 Å². The number of aromatic amines is 1. The Hall–Kier alpha value is -3.83. The van der Waals surface area contributed by atoms with Crippen LogP contribution in [0.4, 0.5) is 0 Å². The number of halogens is 1. The molecule has 2 aromatic carbocycles. The molecule has 0 amide bonds. The summed E-state index contributed by atoms with van der Waals surface area (Å²) in [6, 6.07) is 22.9. The van der Waals surface area contributed by atoms with E-state index in [-0.39, 0.29) is 10.9 Å². The number of hydrogen-bond donors (Lipinski definition) is 1. The number of fused-ring (bicyclic) bond motifs is 1. The van der Waals surface area contributed by atoms with Crippen LogP contribution in [0.25, 0.3) is 44.8 Å². The predicted molar refractivity (Wildman–Crippen MR) is 124 cm³/mol. The van der Waals surface area contributed by atoms with Crippen molar-refractivity contribution in [2.45, 2.75) is 6.92 Å². The molecule has 5 rings (SSSR count). The third kappa shape index (κ3) is 3.60. The van der Waals surface area contributed by atoms with E-state index in [1.54, 1.807) is 12.3 Å². The number of H-pyrrole nitrogens is 1. The fourth-order valence-corrected chi connectivity index (χ4v) is 3.87. The summed E-state index contributed by atoms with van der Waals surface area (Å²) in [5.41, 5.74) is 5.57. The standard InChI is InChI=1S/C25H17ClN4O/c1-15-12-18(13-20(26)28-15)22-21(17-10-6-3-7-11-17)30-25-23(29-22)24(31)19(14-27-25)16-8-4-2-5-9-16/h2-14H,1H3,(H,27,30,31). The van der Waals surface area contributed by atoms with Crippen molar-refractivity contribution < 1.29 is 0 Å². The molecule has 1 N–H and O–H groups in total. The second-order valence-electron chi connectivity index (χ2n) is 7.20. The molecule has 6 heteroatoms. The van der Waals surface area contributed by atoms with Crippen molar-refractivity contribution in [3.63, 3.8) is 0 Å². The summed E-state index contributed by atoms with van der Waals surface area (Å²) >= 11 is 6.23. The molecule has 0 saturated carbocycles. The van der Waals surface area contributed by atoms with E-state index in [2.05, 4.69) is 9.97 Å². The van der Waals surface area contributed by atoms with Crippen molar-refractivity contribution in [3.05, 3.63) is 100 Å². The Morgan fingerprint density at radius 2 is 1.42 bits per heavy atom. The minimum Gasteiger partial charge on any atom is -0.344 e. The van der Waals surface area contributed by atoms with Crippen LogP contribution < -0.4 is 5.43 Å². The van der Waals surface area contributed by atoms with Gasteiger partial charge < -0.3 is 4.98 Å². The van der Waals surface area contributed by atoms with Gasteiger partial charge in [-0.15, -0.1) is 0 Å². The molecular weight excluding hydrogens is 408 g/mol. The Kier molecular flexibility index (Phi) is 4.81. The Labute approximate surface area is 183 Å². The van der Waals surface area contributed by atoms with Crippen LogP contribution in [0.1, 0.15) is 5.69 Å². The van der Waals surface area contributed by atoms with Crippen LogP contribution in [0.2, 0.25) is 5.15 Å². The highest BCUT2D eigenvalue weighted by Gasteiger charge is 2.17. The summed E-state index contributed by atoms with van der Waals surface area (Å²) in [4.78, 5) is 30.3. The number of pyridine rings is 2. The van der Waals surface area contributed by atoms with Crippen molar-refractivity contribution in [2.75, 3.05) is 0 Å². The smallest absolute Gasteiger partial charge is 0.217 e. The lowest BCUT2D eigenvalue weighted by Gasteiger charge is -2.12. The first-order valence-electron chi connectivity index (χ1n) is 9.79. The Bertz CT molecular complexity index is 1440. The van der Waals surface area contributed by atoms with Crippen molar-refractivity contribution in [3.8, 4) is 33.6 Å². The van der Waals surface area contributed by atoms with Gasteiger partial charge in [0, 0.05) is 28.6 Å². The van der Waals surface area contributed by atoms with Gasteiger partial charge in [0.1, 0.15) is 5.15 Å². The topological polar surface area (TPSA) is 71.5 Å². The molecule has 0 fully saturated rings. The van der Waals surface area contributed by atoms with Crippen LogP contribution in [0.5, 0.6) is 0 Å². The summed E-state index contributed by atoms with van der Waals surface area (Å²) in [5, 5.41) is 0.364. The third-order valence-corrected chi connectivity index (χ3v) is 5.23. The molecule has 31 heavy (non-hydrogen) atoms. The number of hydrogen-bond acceptors (Lipinski definition) is 4. The summed E-state index contributed by atoms with van der Waals surface area (Å²) in [7, 11) is 0. The van der Waals surface area contributed by atoms with E-state index < -0.39 is 0 Å². The van der Waals surface area contributed by atoms with Crippen LogP contribution in [0.3, 0.4) is 0 Å². The molecule has 3 heterocycles. The van der Waals surface area contributed by atoms with Crippen LogP contribution in [-0.2, 0) is 0 Å². The average Bonchev–Trinajstić information content (AvgIpc) is 2.79. The molecule has 0 unspecified atom stereocenters. The lowest BCUT2D eigenvalue weighted by molar-refractivity contribution is 1.18. The highest BCUT2D eigenvalue weighted by atomic mass is 35.5. The Morgan fingerprint density at radius 3 is 2.10 bits per heavy atom. The average molecular weight is 425 g/mol. The second-order valence-corrected chi connectivity index (χ2v) is 7.59. The number of nitrogens with one attached hydrogen (secondary N) is 1. The van der Waals surface area contributed by atoms with Gasteiger partial charge in [-0.1, -0.05) is 72.3 Å². The van der Waals surface area contributed by atoms with Gasteiger partial charge in [0.2, 0.25) is 5.43 Å². The molecular formula is C25H17ClN4O. The highest BCUT2D eigenvalue weighted by molar-refractivity contribution is 6.29. The molecule has 150 valence electrons. The van der Waals surface area contributed by atoms with Crippen molar-refractivity contribution in [2.24, 2.45) is 0 Å². The largest absolute Gasteiger partial charge is 0.344 e. The van der Waals surface area contributed by atoms with Crippen molar-refractivity contribution in [1.29, 1.82) is 0 Å². The Morgan fingerprint density at radius 1 is 0.774 bits per heavy atom. The molecule has 0 aliphatic rings. The monoisotopic (exact) mass is 424 g/mol. The van der Waals surface area contributed by atoms with Crippen LogP contribution in [-0.4, -0.2) is 19.9 Å². The molecule has 0 spiro atoms. The first kappa shape index (κ1) is 19.2. The first-order chi connectivity index (χ1) is 15.1. The van der Waals surface area contributed by atoms with Gasteiger partial charge in [-0.25, -0.2) is 15.0 Å². The van der Waals surface area contributed by atoms with E-state index in [0.717, 1.165) is 22.4 Å². The molecule has 5 nitrogen and oxygen atoms in total. The maximum atomic E-state index is 13.3. The van der Waals surface area contributed by atoms with Gasteiger partial charge in [-0.2, -0.15) is 0 Å². The van der Waals surface area contributed by atoms with Gasteiger partial charge in [-0.3, -0.25) is 4.79 Å². The Balaban J connectivity index is 1.83. The zero-order valence-corrected chi connectivity index (χ0v) is 17.4. The number of aromatic nitrogens is 4. The first-order valence-corrected chi connectivity index (χ1v) is 10.2. The molecule has 0 bridgehead atoms. The summed E-state index contributed by atoms with van der Waals surface area (Å²) in [6.07, 6.45) is 1.69. The molecule has 3 aromatic heterocycles. The van der Waals surface area contributed by atoms with E-state index in [9.17, 15) is 4.79 Å². The van der Waals surface area contributed by atoms with Gasteiger partial charge in [0.05, 0.1) is 11.4 Å². The number of rotatable bonds is 3. The van der Waals surface area contributed by atoms with Gasteiger partial charge >= 0.3 is 0 Å². The van der Waals surface area contributed by atoms with E-state index in [4.69, 9.17) is 21.6 Å². The number of benzene rings is 2. The second kappa shape index (κ2) is 7.78. The van der Waals surface area contributed by atoms with Crippen LogP contribution >= 0.6 is 11.6 Å². The molecule has 5 aromatic rings. The maximum absolute atomic E-state index is 13.3. The maximum Gasteiger partial charge on any atom is 0.217 e. The van der Waals surface area contributed by atoms with E-state index >= 15 is 0 Å². The lowest BCUT2D eigenvalue weighted by atomic mass is 10.0. The summed E-state index contributed by atoms with van der Waals surface area (Å²) in [6.45, 7) is 1.87. The minimum atomic E-state index is -0.176. The summed E-state index contributed by atoms with van der Waals surface area (Å²) < 4.78 is 0. The molecule has 0 radical (unpaired) electrons. The summed E-state index contributed by atoms with van der Waals surface area (Å²) in [5.74, 6) is 0. The molecule has 0 atom stereocenters. The molecule has 0 aliphatic carbocycles. The number of nitrogens with zero attached hydrogens (tertiary/aromatic N) is 3. The van der Waals surface area contributed by atoms with Gasteiger partial charge in [0.15, 0.2) is 11.2 Å². The zero-order chi connectivity index (χ0) is 21.4. The fraction of sp³-hybridized carbons (Fsp3) is 0.0400. The highest BCUT2D eigenvalue weighted by Crippen LogP contribution is 2.31. The van der Waals surface area contributed by atoms with E-state index in [1.165, 1.54) is 0 Å². The predicted octanol–water partition coefficient (Wildman–Crippen LogP) is 5.68. The quantitative estimate of drug-likeness (QED) is 0.378. The van der Waals surface area contributed by atoms with Crippen LogP contribution in [0.15, 0.2) is 83.8 Å².